The van der Waals surface area contributed by atoms with Crippen LogP contribution >= 0.6 is 11.6 Å². The maximum Gasteiger partial charge on any atom is 0.271 e. The smallest absolute Gasteiger partial charge is 0.271 e. The molecule has 7 nitrogen and oxygen atoms in total. The van der Waals surface area contributed by atoms with Crippen LogP contribution in [0.4, 0.5) is 11.4 Å². The first-order valence-electron chi connectivity index (χ1n) is 6.60. The first-order valence-corrected chi connectivity index (χ1v) is 6.98. The third kappa shape index (κ3) is 4.38. The second kappa shape index (κ2) is 6.84. The van der Waals surface area contributed by atoms with Crippen molar-refractivity contribution in [1.29, 1.82) is 0 Å². The number of non-ortho nitro benzene ring substituents is 1. The Morgan fingerprint density at radius 2 is 2.05 bits per heavy atom. The fraction of sp³-hybridized carbons (Fsp3) is 0.462. The van der Waals surface area contributed by atoms with Gasteiger partial charge in [-0.05, 0) is 13.1 Å². The average molecular weight is 313 g/mol. The topological polar surface area (TPSA) is 78.7 Å². The number of amides is 1. The van der Waals surface area contributed by atoms with Crippen LogP contribution < -0.4 is 5.32 Å². The van der Waals surface area contributed by atoms with Gasteiger partial charge >= 0.3 is 0 Å². The maximum atomic E-state index is 12.0. The Kier molecular flexibility index (Phi) is 5.11. The van der Waals surface area contributed by atoms with Crippen molar-refractivity contribution in [2.24, 2.45) is 0 Å². The van der Waals surface area contributed by atoms with Crippen LogP contribution in [0, 0.1) is 10.1 Å². The predicted molar refractivity (Wildman–Crippen MR) is 80.7 cm³/mol. The lowest BCUT2D eigenvalue weighted by molar-refractivity contribution is -0.384. The second-order valence-electron chi connectivity index (χ2n) is 5.05. The van der Waals surface area contributed by atoms with E-state index < -0.39 is 4.92 Å². The van der Waals surface area contributed by atoms with Gasteiger partial charge in [0.15, 0.2) is 0 Å². The number of nitro groups is 1. The van der Waals surface area contributed by atoms with Crippen LogP contribution in [0.15, 0.2) is 18.2 Å². The van der Waals surface area contributed by atoms with E-state index in [1.807, 2.05) is 7.05 Å². The number of nitrogens with one attached hydrogen (secondary N) is 1. The van der Waals surface area contributed by atoms with Crippen molar-refractivity contribution in [1.82, 2.24) is 9.80 Å². The number of halogens is 1. The Labute approximate surface area is 127 Å². The first-order chi connectivity index (χ1) is 9.95. The molecule has 1 aliphatic rings. The molecule has 0 aromatic heterocycles. The first kappa shape index (κ1) is 15.7. The molecule has 1 aromatic carbocycles. The Morgan fingerprint density at radius 1 is 1.38 bits per heavy atom. The SMILES string of the molecule is CN1CCN(CC(=O)Nc2ccc([N+](=O)[O-])cc2Cl)CC1. The number of hydrogen-bond donors (Lipinski definition) is 1. The zero-order valence-corrected chi connectivity index (χ0v) is 12.5. The minimum absolute atomic E-state index is 0.0999. The van der Waals surface area contributed by atoms with E-state index in [1.165, 1.54) is 18.2 Å². The molecular weight excluding hydrogens is 296 g/mol. The summed E-state index contributed by atoms with van der Waals surface area (Å²) in [5, 5.41) is 13.5. The number of nitrogens with zero attached hydrogens (tertiary/aromatic N) is 3. The van der Waals surface area contributed by atoms with E-state index in [1.54, 1.807) is 0 Å². The highest BCUT2D eigenvalue weighted by Gasteiger charge is 2.17. The van der Waals surface area contributed by atoms with Gasteiger partial charge in [0, 0.05) is 38.3 Å². The van der Waals surface area contributed by atoms with Gasteiger partial charge in [0.25, 0.3) is 5.69 Å². The number of carbonyl (C=O) groups is 1. The van der Waals surface area contributed by atoms with E-state index in [9.17, 15) is 14.9 Å². The summed E-state index contributed by atoms with van der Waals surface area (Å²) < 4.78 is 0. The number of anilines is 1. The maximum absolute atomic E-state index is 12.0. The Morgan fingerprint density at radius 3 is 2.62 bits per heavy atom. The molecule has 1 saturated heterocycles. The molecule has 0 radical (unpaired) electrons. The summed E-state index contributed by atoms with van der Waals surface area (Å²) in [6, 6.07) is 3.99. The summed E-state index contributed by atoms with van der Waals surface area (Å²) in [6.07, 6.45) is 0. The van der Waals surface area contributed by atoms with Crippen LogP contribution in [-0.4, -0.2) is 60.4 Å². The molecule has 0 bridgehead atoms. The Bertz CT molecular complexity index is 544. The van der Waals surface area contributed by atoms with Crippen LogP contribution in [0.1, 0.15) is 0 Å². The Hall–Kier alpha value is -1.70. The molecule has 0 spiro atoms. The number of piperazine rings is 1. The van der Waals surface area contributed by atoms with Crippen molar-refractivity contribution in [3.05, 3.63) is 33.3 Å². The van der Waals surface area contributed by atoms with Gasteiger partial charge < -0.3 is 10.2 Å². The number of nitro benzene ring substituents is 1. The number of carbonyl (C=O) groups excluding carboxylic acids is 1. The molecule has 0 unspecified atom stereocenters. The van der Waals surface area contributed by atoms with E-state index in [0.29, 0.717) is 12.2 Å². The molecule has 1 amide bonds. The summed E-state index contributed by atoms with van der Waals surface area (Å²) in [5.74, 6) is -0.171. The number of benzene rings is 1. The molecule has 8 heteroatoms. The highest BCUT2D eigenvalue weighted by Crippen LogP contribution is 2.26. The van der Waals surface area contributed by atoms with E-state index in [4.69, 9.17) is 11.6 Å². The van der Waals surface area contributed by atoms with Gasteiger partial charge in [0.2, 0.25) is 5.91 Å². The third-order valence-electron chi connectivity index (χ3n) is 3.40. The molecule has 1 fully saturated rings. The molecular formula is C13H17ClN4O3. The lowest BCUT2D eigenvalue weighted by Gasteiger charge is -2.31. The van der Waals surface area contributed by atoms with Crippen molar-refractivity contribution >= 4 is 28.9 Å². The quantitative estimate of drug-likeness (QED) is 0.672. The van der Waals surface area contributed by atoms with Crippen molar-refractivity contribution in [2.75, 3.05) is 45.1 Å². The molecule has 1 aliphatic heterocycles. The van der Waals surface area contributed by atoms with Crippen molar-refractivity contribution in [3.8, 4) is 0 Å². The second-order valence-corrected chi connectivity index (χ2v) is 5.46. The van der Waals surface area contributed by atoms with Crippen LogP contribution in [0.5, 0.6) is 0 Å². The molecule has 1 N–H and O–H groups in total. The predicted octanol–water partition coefficient (Wildman–Crippen LogP) is 1.43. The molecule has 1 heterocycles. The van der Waals surface area contributed by atoms with Crippen molar-refractivity contribution in [2.45, 2.75) is 0 Å². The van der Waals surface area contributed by atoms with Crippen LogP contribution in [0.3, 0.4) is 0 Å². The largest absolute Gasteiger partial charge is 0.324 e. The van der Waals surface area contributed by atoms with Gasteiger partial charge in [-0.2, -0.15) is 0 Å². The minimum Gasteiger partial charge on any atom is -0.324 e. The fourth-order valence-corrected chi connectivity index (χ4v) is 2.34. The van der Waals surface area contributed by atoms with Crippen LogP contribution in [-0.2, 0) is 4.79 Å². The van der Waals surface area contributed by atoms with E-state index >= 15 is 0 Å². The van der Waals surface area contributed by atoms with Crippen LogP contribution in [0.25, 0.3) is 0 Å². The highest BCUT2D eigenvalue weighted by atomic mass is 35.5. The fourth-order valence-electron chi connectivity index (χ4n) is 2.12. The molecule has 2 rings (SSSR count). The molecule has 1 aromatic rings. The molecule has 21 heavy (non-hydrogen) atoms. The monoisotopic (exact) mass is 312 g/mol. The van der Waals surface area contributed by atoms with Gasteiger partial charge in [-0.25, -0.2) is 0 Å². The average Bonchev–Trinajstić information content (AvgIpc) is 2.43. The zero-order chi connectivity index (χ0) is 15.4. The summed E-state index contributed by atoms with van der Waals surface area (Å²) in [7, 11) is 2.05. The summed E-state index contributed by atoms with van der Waals surface area (Å²) >= 11 is 5.94. The highest BCUT2D eigenvalue weighted by molar-refractivity contribution is 6.34. The lowest BCUT2D eigenvalue weighted by Crippen LogP contribution is -2.47. The standard InChI is InChI=1S/C13H17ClN4O3/c1-16-4-6-17(7-5-16)9-13(19)15-12-3-2-10(18(20)21)8-11(12)14/h2-3,8H,4-7,9H2,1H3,(H,15,19). The van der Waals surface area contributed by atoms with E-state index in [0.717, 1.165) is 26.2 Å². The van der Waals surface area contributed by atoms with E-state index in [-0.39, 0.29) is 16.6 Å². The van der Waals surface area contributed by atoms with Gasteiger partial charge in [0.1, 0.15) is 0 Å². The van der Waals surface area contributed by atoms with Crippen molar-refractivity contribution < 1.29 is 9.72 Å². The lowest BCUT2D eigenvalue weighted by atomic mass is 10.2. The molecule has 0 atom stereocenters. The summed E-state index contributed by atoms with van der Waals surface area (Å²) in [5.41, 5.74) is 0.290. The summed E-state index contributed by atoms with van der Waals surface area (Å²) in [4.78, 5) is 26.3. The molecule has 0 aliphatic carbocycles. The molecule has 0 saturated carbocycles. The number of rotatable bonds is 4. The zero-order valence-electron chi connectivity index (χ0n) is 11.7. The molecule has 114 valence electrons. The third-order valence-corrected chi connectivity index (χ3v) is 3.71. The van der Waals surface area contributed by atoms with Gasteiger partial charge in [0.05, 0.1) is 22.2 Å². The number of likely N-dealkylation sites (N-methyl/N-ethyl adjacent to an activating group) is 1. The Balaban J connectivity index is 1.92. The van der Waals surface area contributed by atoms with Gasteiger partial charge in [-0.1, -0.05) is 11.6 Å². The van der Waals surface area contributed by atoms with Gasteiger partial charge in [-0.3, -0.25) is 19.8 Å². The van der Waals surface area contributed by atoms with Gasteiger partial charge in [-0.15, -0.1) is 0 Å². The number of hydrogen-bond acceptors (Lipinski definition) is 5. The van der Waals surface area contributed by atoms with E-state index in [2.05, 4.69) is 15.1 Å². The normalized spacial score (nSPS) is 16.7. The minimum atomic E-state index is -0.526. The van der Waals surface area contributed by atoms with Crippen molar-refractivity contribution in [3.63, 3.8) is 0 Å². The van der Waals surface area contributed by atoms with Crippen LogP contribution in [0.2, 0.25) is 5.02 Å². The summed E-state index contributed by atoms with van der Waals surface area (Å²) in [6.45, 7) is 3.86.